The number of carbonyl (C=O) groups is 1. The van der Waals surface area contributed by atoms with Crippen LogP contribution in [0.15, 0.2) is 50.7 Å². The highest BCUT2D eigenvalue weighted by Crippen LogP contribution is 2.47. The van der Waals surface area contributed by atoms with E-state index >= 15 is 0 Å². The fourth-order valence-electron chi connectivity index (χ4n) is 3.02. The van der Waals surface area contributed by atoms with E-state index in [9.17, 15) is 9.90 Å². The van der Waals surface area contributed by atoms with E-state index in [0.29, 0.717) is 28.6 Å². The maximum Gasteiger partial charge on any atom is 0.266 e. The molecule has 2 aliphatic heterocycles. The number of thioether (sulfide) groups is 2. The molecule has 1 fully saturated rings. The van der Waals surface area contributed by atoms with Crippen LogP contribution in [0.25, 0.3) is 0 Å². The molecule has 26 heavy (non-hydrogen) atoms. The summed E-state index contributed by atoms with van der Waals surface area (Å²) in [5.74, 6) is -0.0177. The Kier molecular flexibility index (Phi) is 6.45. The molecule has 1 saturated heterocycles. The fraction of sp³-hybridized carbons (Fsp3) is 0.368. The van der Waals surface area contributed by atoms with Crippen molar-refractivity contribution in [1.82, 2.24) is 4.90 Å². The van der Waals surface area contributed by atoms with Crippen LogP contribution in [0.1, 0.15) is 26.7 Å². The molecule has 0 radical (unpaired) electrons. The number of benzene rings is 1. The van der Waals surface area contributed by atoms with Gasteiger partial charge in [-0.15, -0.1) is 0 Å². The van der Waals surface area contributed by atoms with Gasteiger partial charge >= 0.3 is 0 Å². The average Bonchev–Trinajstić information content (AvgIpc) is 3.14. The van der Waals surface area contributed by atoms with Crippen molar-refractivity contribution in [2.75, 3.05) is 24.6 Å². The van der Waals surface area contributed by atoms with Crippen LogP contribution in [0.5, 0.6) is 0 Å². The summed E-state index contributed by atoms with van der Waals surface area (Å²) in [6, 6.07) is 8.33. The topological polar surface area (TPSA) is 43.8 Å². The average molecular weight is 407 g/mol. The van der Waals surface area contributed by atoms with E-state index in [4.69, 9.17) is 12.2 Å². The normalized spacial score (nSPS) is 20.3. The summed E-state index contributed by atoms with van der Waals surface area (Å²) in [5.41, 5.74) is 2.16. The Labute approximate surface area is 168 Å². The molecule has 1 aromatic carbocycles. The summed E-state index contributed by atoms with van der Waals surface area (Å²) < 4.78 is 0.613. The van der Waals surface area contributed by atoms with E-state index in [1.54, 1.807) is 16.7 Å². The van der Waals surface area contributed by atoms with E-state index in [-0.39, 0.29) is 12.5 Å². The zero-order valence-electron chi connectivity index (χ0n) is 14.9. The molecular weight excluding hydrogens is 384 g/mol. The molecule has 0 saturated carbocycles. The monoisotopic (exact) mass is 406 g/mol. The van der Waals surface area contributed by atoms with Crippen molar-refractivity contribution in [3.8, 4) is 0 Å². The molecule has 0 bridgehead atoms. The Morgan fingerprint density at radius 3 is 2.58 bits per heavy atom. The molecule has 2 heterocycles. The third-order valence-electron chi connectivity index (χ3n) is 4.31. The minimum absolute atomic E-state index is 0.0177. The third-order valence-corrected chi connectivity index (χ3v) is 6.93. The van der Waals surface area contributed by atoms with Crippen LogP contribution in [0.2, 0.25) is 0 Å². The Morgan fingerprint density at radius 2 is 1.92 bits per heavy atom. The lowest BCUT2D eigenvalue weighted by Crippen LogP contribution is -2.27. The Balaban J connectivity index is 2.00. The van der Waals surface area contributed by atoms with Crippen LogP contribution < -0.4 is 4.90 Å². The van der Waals surface area contributed by atoms with Crippen LogP contribution >= 0.6 is 35.7 Å². The predicted molar refractivity (Wildman–Crippen MR) is 114 cm³/mol. The van der Waals surface area contributed by atoms with Crippen LogP contribution in [0.3, 0.4) is 0 Å². The number of aliphatic hydroxyl groups excluding tert-OH is 1. The first-order valence-electron chi connectivity index (χ1n) is 8.74. The number of nitrogens with zero attached hydrogens (tertiary/aromatic N) is 2. The number of allylic oxidation sites excluding steroid dienone is 2. The van der Waals surface area contributed by atoms with Gasteiger partial charge in [-0.1, -0.05) is 47.9 Å². The molecule has 0 unspecified atom stereocenters. The second-order valence-electron chi connectivity index (χ2n) is 5.90. The lowest BCUT2D eigenvalue weighted by atomic mass is 10.1. The highest BCUT2D eigenvalue weighted by Gasteiger charge is 2.33. The van der Waals surface area contributed by atoms with Crippen LogP contribution in [0, 0.1) is 0 Å². The minimum Gasteiger partial charge on any atom is -0.396 e. The van der Waals surface area contributed by atoms with Crippen molar-refractivity contribution >= 4 is 51.7 Å². The van der Waals surface area contributed by atoms with Gasteiger partial charge in [-0.25, -0.2) is 0 Å². The van der Waals surface area contributed by atoms with Gasteiger partial charge in [-0.2, -0.15) is 0 Å². The molecular formula is C19H22N2O2S3. The number of fused-ring (bicyclic) bond motifs is 1. The molecule has 0 atom stereocenters. The first-order valence-corrected chi connectivity index (χ1v) is 10.8. The summed E-state index contributed by atoms with van der Waals surface area (Å²) in [4.78, 5) is 18.6. The van der Waals surface area contributed by atoms with Gasteiger partial charge in [0.15, 0.2) is 0 Å². The number of carbonyl (C=O) groups excluding carboxylic acids is 1. The third kappa shape index (κ3) is 3.71. The maximum absolute atomic E-state index is 12.7. The number of hydrogen-bond donors (Lipinski definition) is 1. The number of rotatable bonds is 6. The van der Waals surface area contributed by atoms with E-state index in [1.807, 2.05) is 19.1 Å². The summed E-state index contributed by atoms with van der Waals surface area (Å²) in [6.07, 6.45) is 3.38. The lowest BCUT2D eigenvalue weighted by Gasteiger charge is -2.19. The molecule has 7 heteroatoms. The number of hydrogen-bond acceptors (Lipinski definition) is 6. The molecule has 0 spiro atoms. The van der Waals surface area contributed by atoms with Crippen LogP contribution in [-0.2, 0) is 4.79 Å². The predicted octanol–water partition coefficient (Wildman–Crippen LogP) is 4.37. The van der Waals surface area contributed by atoms with Gasteiger partial charge in [0.1, 0.15) is 4.32 Å². The van der Waals surface area contributed by atoms with Crippen molar-refractivity contribution in [2.24, 2.45) is 0 Å². The molecule has 138 valence electrons. The fourth-order valence-corrected chi connectivity index (χ4v) is 5.67. The number of likely N-dealkylation sites (N-methyl/N-ethyl adjacent to an activating group) is 1. The number of amides is 1. The highest BCUT2D eigenvalue weighted by atomic mass is 32.2. The molecule has 4 nitrogen and oxygen atoms in total. The van der Waals surface area contributed by atoms with Gasteiger partial charge in [0, 0.05) is 24.6 Å². The maximum atomic E-state index is 12.7. The number of thiocarbonyl (C=S) groups is 1. The molecule has 0 aromatic heterocycles. The molecule has 2 aliphatic rings. The van der Waals surface area contributed by atoms with Crippen LogP contribution in [-0.4, -0.2) is 39.9 Å². The molecule has 1 aromatic rings. The number of para-hydroxylation sites is 1. The van der Waals surface area contributed by atoms with E-state index < -0.39 is 0 Å². The van der Waals surface area contributed by atoms with E-state index in [1.165, 1.54) is 22.3 Å². The van der Waals surface area contributed by atoms with Gasteiger partial charge in [0.25, 0.3) is 5.91 Å². The van der Waals surface area contributed by atoms with Crippen molar-refractivity contribution in [3.05, 3.63) is 45.8 Å². The first-order chi connectivity index (χ1) is 12.6. The van der Waals surface area contributed by atoms with Crippen molar-refractivity contribution in [2.45, 2.75) is 31.6 Å². The summed E-state index contributed by atoms with van der Waals surface area (Å²) in [7, 11) is 0. The highest BCUT2D eigenvalue weighted by molar-refractivity contribution is 8.26. The molecule has 1 N–H and O–H groups in total. The largest absolute Gasteiger partial charge is 0.396 e. The number of aliphatic hydroxyl groups is 1. The first kappa shape index (κ1) is 19.5. The van der Waals surface area contributed by atoms with Crippen molar-refractivity contribution < 1.29 is 9.90 Å². The lowest BCUT2D eigenvalue weighted by molar-refractivity contribution is -0.122. The summed E-state index contributed by atoms with van der Waals surface area (Å²) in [6.45, 7) is 5.60. The van der Waals surface area contributed by atoms with Gasteiger partial charge in [0.05, 0.1) is 15.6 Å². The van der Waals surface area contributed by atoms with Gasteiger partial charge in [-0.05, 0) is 50.5 Å². The molecule has 3 rings (SSSR count). The summed E-state index contributed by atoms with van der Waals surface area (Å²) >= 11 is 8.46. The van der Waals surface area contributed by atoms with Gasteiger partial charge in [0.2, 0.25) is 0 Å². The zero-order chi connectivity index (χ0) is 18.7. The molecule has 1 amide bonds. The Morgan fingerprint density at radius 1 is 1.19 bits per heavy atom. The van der Waals surface area contributed by atoms with Gasteiger partial charge in [-0.3, -0.25) is 9.69 Å². The standard InChI is InChI=1S/C19H22N2O2S3/c1-3-20-14-9-5-6-10-15(14)25-16(20)12-13(8-7-11-22)17-18(23)21(4-2)19(24)26-17/h5-6,9-10,12,22H,3-4,7-8,11H2,1-2H3. The second-order valence-corrected chi connectivity index (χ2v) is 8.60. The van der Waals surface area contributed by atoms with Gasteiger partial charge < -0.3 is 10.0 Å². The van der Waals surface area contributed by atoms with E-state index in [2.05, 4.69) is 30.0 Å². The Hall–Kier alpha value is -1.28. The number of anilines is 1. The SMILES string of the molecule is CCN1C(=O)C(=C(C=C2Sc3ccccc3N2CC)CCCO)SC1=S. The quantitative estimate of drug-likeness (QED) is 0.559. The van der Waals surface area contributed by atoms with Crippen molar-refractivity contribution in [1.29, 1.82) is 0 Å². The zero-order valence-corrected chi connectivity index (χ0v) is 17.3. The summed E-state index contributed by atoms with van der Waals surface area (Å²) in [5, 5.41) is 10.4. The van der Waals surface area contributed by atoms with E-state index in [0.717, 1.165) is 17.1 Å². The second kappa shape index (κ2) is 8.61. The molecule has 0 aliphatic carbocycles. The van der Waals surface area contributed by atoms with Crippen LogP contribution in [0.4, 0.5) is 5.69 Å². The Bertz CT molecular complexity index is 789. The minimum atomic E-state index is -0.0177. The van der Waals surface area contributed by atoms with Crippen molar-refractivity contribution in [3.63, 3.8) is 0 Å². The smallest absolute Gasteiger partial charge is 0.266 e.